The molecule has 2 aliphatic heterocycles. The quantitative estimate of drug-likeness (QED) is 0.0879. The summed E-state index contributed by atoms with van der Waals surface area (Å²) in [5, 5.41) is 68.6. The van der Waals surface area contributed by atoms with Gasteiger partial charge in [0.05, 0.1) is 31.0 Å². The van der Waals surface area contributed by atoms with Crippen molar-refractivity contribution in [3.63, 3.8) is 0 Å². The minimum Gasteiger partial charge on any atom is -0.507 e. The van der Waals surface area contributed by atoms with Crippen LogP contribution in [0.4, 0.5) is 0 Å². The fraction of sp³-hybridized carbons (Fsp3) is 0.387. The number of phenolic OH excluding ortho intramolecular Hbond substituents is 1. The minimum absolute atomic E-state index is 0.0437. The van der Waals surface area contributed by atoms with Crippen molar-refractivity contribution in [3.05, 3.63) is 75.5 Å². The molecule has 16 nitrogen and oxygen atoms in total. The maximum atomic E-state index is 14.2. The molecular formula is C31H37N5O11. The topological polar surface area (TPSA) is 272 Å². The van der Waals surface area contributed by atoms with E-state index in [1.165, 1.54) is 32.4 Å². The number of nitrogens with two attached hydrogens (primary N) is 2. The number of aromatic hydroxyl groups is 1. The average molecular weight is 656 g/mol. The lowest BCUT2D eigenvalue weighted by molar-refractivity contribution is -0.384. The number of aryl methyl sites for hydroxylation is 1. The lowest BCUT2D eigenvalue weighted by Gasteiger charge is -2.44. The normalized spacial score (nSPS) is 27.0. The highest BCUT2D eigenvalue weighted by Gasteiger charge is 2.54. The molecular weight excluding hydrogens is 618 g/mol. The number of rotatable bonds is 9. The van der Waals surface area contributed by atoms with E-state index in [2.05, 4.69) is 15.6 Å². The van der Waals surface area contributed by atoms with E-state index in [-0.39, 0.29) is 58.0 Å². The van der Waals surface area contributed by atoms with Crippen molar-refractivity contribution >= 4 is 17.5 Å². The van der Waals surface area contributed by atoms with Crippen LogP contribution in [0.3, 0.4) is 0 Å². The number of dihydropyridines is 1. The summed E-state index contributed by atoms with van der Waals surface area (Å²) in [6, 6.07) is 4.05. The van der Waals surface area contributed by atoms with Gasteiger partial charge in [-0.05, 0) is 42.2 Å². The molecule has 2 heterocycles. The lowest BCUT2D eigenvalue weighted by Crippen LogP contribution is -2.67. The predicted molar refractivity (Wildman–Crippen MR) is 165 cm³/mol. The number of hydrogen-bond donors (Lipinski definition) is 10. The predicted octanol–water partition coefficient (Wildman–Crippen LogP) is -2.03. The molecule has 16 heteroatoms. The second-order valence-electron chi connectivity index (χ2n) is 11.3. The lowest BCUT2D eigenvalue weighted by atomic mass is 9.80. The monoisotopic (exact) mass is 655 g/mol. The Bertz CT molecular complexity index is 1680. The number of benzene rings is 2. The highest BCUT2D eigenvalue weighted by molar-refractivity contribution is 6.30. The maximum absolute atomic E-state index is 14.2. The van der Waals surface area contributed by atoms with Gasteiger partial charge in [-0.1, -0.05) is 6.08 Å². The summed E-state index contributed by atoms with van der Waals surface area (Å²) in [5.41, 5.74) is 12.6. The van der Waals surface area contributed by atoms with Crippen molar-refractivity contribution in [2.45, 2.75) is 55.9 Å². The van der Waals surface area contributed by atoms with Gasteiger partial charge in [-0.25, -0.2) is 0 Å². The highest BCUT2D eigenvalue weighted by atomic mass is 16.8. The van der Waals surface area contributed by atoms with Crippen LogP contribution in [-0.4, -0.2) is 105 Å². The van der Waals surface area contributed by atoms with Gasteiger partial charge in [-0.15, -0.1) is 0 Å². The molecule has 0 amide bonds. The number of nitrogens with one attached hydrogen (secondary N) is 2. The number of aliphatic hydroxyl groups excluding tert-OH is 4. The van der Waals surface area contributed by atoms with E-state index in [0.29, 0.717) is 18.4 Å². The van der Waals surface area contributed by atoms with E-state index in [0.717, 1.165) is 5.57 Å². The fourth-order valence-corrected chi connectivity index (χ4v) is 5.61. The minimum atomic E-state index is -2.74. The molecule has 5 rings (SSSR count). The van der Waals surface area contributed by atoms with E-state index in [1.54, 1.807) is 12.3 Å². The van der Waals surface area contributed by atoms with Gasteiger partial charge in [0.2, 0.25) is 17.9 Å². The van der Waals surface area contributed by atoms with E-state index in [1.807, 2.05) is 6.08 Å². The first-order valence-electron chi connectivity index (χ1n) is 14.6. The summed E-state index contributed by atoms with van der Waals surface area (Å²) < 4.78 is 16.3. The number of allylic oxidation sites excluding steroid dienone is 2. The number of aliphatic hydroxyl groups is 5. The van der Waals surface area contributed by atoms with Crippen LogP contribution < -0.4 is 31.6 Å². The van der Waals surface area contributed by atoms with Gasteiger partial charge in [0.15, 0.2) is 11.7 Å². The van der Waals surface area contributed by atoms with E-state index in [4.69, 9.17) is 25.7 Å². The first-order chi connectivity index (χ1) is 22.3. The molecule has 12 N–H and O–H groups in total. The fourth-order valence-electron chi connectivity index (χ4n) is 5.61. The molecule has 0 aromatic heterocycles. The van der Waals surface area contributed by atoms with Crippen molar-refractivity contribution in [3.8, 4) is 17.2 Å². The van der Waals surface area contributed by atoms with Crippen LogP contribution in [0, 0.1) is 0 Å². The van der Waals surface area contributed by atoms with Crippen molar-refractivity contribution in [2.75, 3.05) is 20.8 Å². The standard InChI is InChI=1S/C31H37N5O11/c1-34-30(33)36-11-18-14(5-3-13-4-6-20(32)35-10-13)7-16-22(24(18)39)25(40)21-17(23(16)38)8-15(45-2)9-19(21)46-29-27(42)26(41)28(43)31(44,12-37)47-29/h4,6-10,20,26-29,35,37,39,41-44H,3,5,11-12,32H2,1-2H3,(H3,33,34,36)/t20?,26-,27-,28+,29-,31-/m1/s1. The van der Waals surface area contributed by atoms with Gasteiger partial charge >= 0.3 is 0 Å². The smallest absolute Gasteiger partial charge is 0.231 e. The Kier molecular flexibility index (Phi) is 9.55. The summed E-state index contributed by atoms with van der Waals surface area (Å²) in [7, 11) is 2.77. The number of phenols is 1. The molecule has 1 fully saturated rings. The number of methoxy groups -OCH3 is 1. The first kappa shape index (κ1) is 33.8. The van der Waals surface area contributed by atoms with E-state index >= 15 is 0 Å². The SMILES string of the molecule is CN=C(N)NCc1c(CCC2=CNC(N)C=C2)cc2c(c1O)C(=O)c1c(O[C@@H]3O[C@](O)(CO)[C@@H](O)[C@H](O)[C@H]3O)cc(OC)cc1C2=O. The summed E-state index contributed by atoms with van der Waals surface area (Å²) in [6.07, 6.45) is -2.09. The molecule has 0 saturated carbocycles. The average Bonchev–Trinajstić information content (AvgIpc) is 3.07. The van der Waals surface area contributed by atoms with Crippen LogP contribution in [0.25, 0.3) is 0 Å². The van der Waals surface area contributed by atoms with Crippen LogP contribution in [0.5, 0.6) is 17.2 Å². The number of nitrogens with zero attached hydrogens (tertiary/aromatic N) is 1. The molecule has 6 atom stereocenters. The maximum Gasteiger partial charge on any atom is 0.231 e. The van der Waals surface area contributed by atoms with E-state index < -0.39 is 54.3 Å². The molecule has 3 aliphatic rings. The summed E-state index contributed by atoms with van der Waals surface area (Å²) >= 11 is 0. The van der Waals surface area contributed by atoms with Crippen molar-refractivity contribution in [2.24, 2.45) is 16.5 Å². The van der Waals surface area contributed by atoms with Crippen molar-refractivity contribution in [1.29, 1.82) is 0 Å². The van der Waals surface area contributed by atoms with Crippen molar-refractivity contribution in [1.82, 2.24) is 10.6 Å². The number of guanidine groups is 1. The molecule has 252 valence electrons. The van der Waals surface area contributed by atoms with Gasteiger partial charge in [-0.2, -0.15) is 0 Å². The molecule has 1 saturated heterocycles. The highest BCUT2D eigenvalue weighted by Crippen LogP contribution is 2.43. The Morgan fingerprint density at radius 2 is 1.83 bits per heavy atom. The number of carbonyl (C=O) groups excluding carboxylic acids is 2. The zero-order valence-corrected chi connectivity index (χ0v) is 25.5. The van der Waals surface area contributed by atoms with E-state index in [9.17, 15) is 40.2 Å². The summed E-state index contributed by atoms with van der Waals surface area (Å²) in [6.45, 7) is -1.23. The number of ketones is 2. The molecule has 2 aromatic rings. The van der Waals surface area contributed by atoms with Crippen LogP contribution in [-0.2, 0) is 17.7 Å². The van der Waals surface area contributed by atoms with Crippen LogP contribution in [0.1, 0.15) is 49.4 Å². The second-order valence-corrected chi connectivity index (χ2v) is 11.3. The Morgan fingerprint density at radius 1 is 1.11 bits per heavy atom. The zero-order valence-electron chi connectivity index (χ0n) is 25.5. The number of hydrogen-bond acceptors (Lipinski definition) is 14. The second kappa shape index (κ2) is 13.3. The van der Waals surface area contributed by atoms with Crippen LogP contribution in [0.2, 0.25) is 0 Å². The number of carbonyl (C=O) groups is 2. The van der Waals surface area contributed by atoms with Gasteiger partial charge in [0.1, 0.15) is 35.6 Å². The third-order valence-electron chi connectivity index (χ3n) is 8.31. The molecule has 0 bridgehead atoms. The summed E-state index contributed by atoms with van der Waals surface area (Å²) in [4.78, 5) is 32.1. The summed E-state index contributed by atoms with van der Waals surface area (Å²) in [5.74, 6) is -4.93. The zero-order chi connectivity index (χ0) is 34.2. The largest absolute Gasteiger partial charge is 0.507 e. The van der Waals surface area contributed by atoms with Gasteiger partial charge < -0.3 is 67.0 Å². The third-order valence-corrected chi connectivity index (χ3v) is 8.31. The van der Waals surface area contributed by atoms with Crippen molar-refractivity contribution < 1.29 is 54.4 Å². The number of fused-ring (bicyclic) bond motifs is 2. The third kappa shape index (κ3) is 6.27. The Hall–Kier alpha value is -4.55. The molecule has 0 radical (unpaired) electrons. The van der Waals surface area contributed by atoms with Gasteiger partial charge in [0, 0.05) is 42.5 Å². The Labute approximate surface area is 268 Å². The first-order valence-corrected chi connectivity index (χ1v) is 14.6. The Balaban J connectivity index is 1.58. The van der Waals surface area contributed by atoms with Crippen LogP contribution in [0.15, 0.2) is 47.1 Å². The Morgan fingerprint density at radius 3 is 2.47 bits per heavy atom. The van der Waals surface area contributed by atoms with Gasteiger partial charge in [0.25, 0.3) is 0 Å². The molecule has 0 spiro atoms. The van der Waals surface area contributed by atoms with Crippen LogP contribution >= 0.6 is 0 Å². The molecule has 47 heavy (non-hydrogen) atoms. The van der Waals surface area contributed by atoms with Gasteiger partial charge in [-0.3, -0.25) is 14.6 Å². The number of aliphatic imine (C=N–C) groups is 1. The molecule has 2 aromatic carbocycles. The molecule has 1 aliphatic carbocycles. The number of ether oxygens (including phenoxy) is 3. The molecule has 1 unspecified atom stereocenters.